The van der Waals surface area contributed by atoms with Crippen LogP contribution in [0.1, 0.15) is 18.4 Å². The lowest BCUT2D eigenvalue weighted by Gasteiger charge is -2.34. The van der Waals surface area contributed by atoms with Gasteiger partial charge in [-0.2, -0.15) is 4.98 Å². The van der Waals surface area contributed by atoms with E-state index in [0.29, 0.717) is 55.3 Å². The molecule has 4 aromatic rings. The molecule has 4 saturated heterocycles. The van der Waals surface area contributed by atoms with Crippen LogP contribution >= 0.6 is 0 Å². The predicted molar refractivity (Wildman–Crippen MR) is 157 cm³/mol. The fraction of sp³-hybridized carbons (Fsp3) is 0.406. The first kappa shape index (κ1) is 26.5. The fourth-order valence-electron chi connectivity index (χ4n) is 7.48. The molecular weight excluding hydrogens is 557 g/mol. The second-order valence-electron chi connectivity index (χ2n) is 12.1. The van der Waals surface area contributed by atoms with E-state index in [4.69, 9.17) is 21.1 Å². The molecule has 2 aromatic carbocycles. The summed E-state index contributed by atoms with van der Waals surface area (Å²) in [6.45, 7) is 2.56. The molecule has 0 aliphatic carbocycles. The van der Waals surface area contributed by atoms with Gasteiger partial charge in [-0.05, 0) is 43.5 Å². The summed E-state index contributed by atoms with van der Waals surface area (Å²) in [7, 11) is 1.92. The number of aromatic hydroxyl groups is 1. The van der Waals surface area contributed by atoms with E-state index in [1.54, 1.807) is 0 Å². The first-order chi connectivity index (χ1) is 20.8. The molecule has 0 amide bonds. The van der Waals surface area contributed by atoms with Crippen molar-refractivity contribution in [3.05, 3.63) is 47.7 Å². The lowest BCUT2D eigenvalue weighted by Crippen LogP contribution is -2.43. The molecule has 43 heavy (non-hydrogen) atoms. The normalized spacial score (nSPS) is 26.9. The highest BCUT2D eigenvalue weighted by Gasteiger charge is 2.47. The van der Waals surface area contributed by atoms with Crippen LogP contribution in [0.15, 0.2) is 30.5 Å². The number of alkyl halides is 1. The van der Waals surface area contributed by atoms with Crippen LogP contribution in [-0.2, 0) is 4.74 Å². The first-order valence-corrected chi connectivity index (χ1v) is 14.6. The summed E-state index contributed by atoms with van der Waals surface area (Å²) in [5.74, 6) is 1.56. The van der Waals surface area contributed by atoms with E-state index in [9.17, 15) is 13.9 Å². The molecule has 8 rings (SSSR count). The van der Waals surface area contributed by atoms with Gasteiger partial charge in [0.05, 0.1) is 23.2 Å². The molecule has 0 spiro atoms. The molecule has 8 nitrogen and oxygen atoms in total. The molecule has 0 saturated carbocycles. The summed E-state index contributed by atoms with van der Waals surface area (Å²) < 4.78 is 52.4. The topological polar surface area (TPSA) is 77.9 Å². The summed E-state index contributed by atoms with van der Waals surface area (Å²) in [5.41, 5.74) is 0.0388. The van der Waals surface area contributed by atoms with Gasteiger partial charge in [0.25, 0.3) is 0 Å². The van der Waals surface area contributed by atoms with Gasteiger partial charge < -0.3 is 19.6 Å². The molecule has 11 heteroatoms. The van der Waals surface area contributed by atoms with Crippen molar-refractivity contribution in [3.8, 4) is 29.4 Å². The van der Waals surface area contributed by atoms with E-state index < -0.39 is 17.8 Å². The number of fused-ring (bicyclic) bond motifs is 5. The maximum atomic E-state index is 16.8. The van der Waals surface area contributed by atoms with E-state index in [-0.39, 0.29) is 57.6 Å². The molecule has 1 N–H and O–H groups in total. The molecule has 6 heterocycles. The third kappa shape index (κ3) is 4.11. The standard InChI is InChI=1S/C32H29F3N6O2/c1-3-20-24(33)7-4-16-8-17(42)9-21(27(16)20)29-28(35)30-22(10-36-29)31(40-11-18-5-6-19(12-40)43-18)38-32(37-30)41-13-23-25(34)14-39(2)26(23)15-41/h1,4,7-10,18-19,23,25-26,42H,5-6,11-15H2,2H3/t18?,19?,23-,25+,26-/m1/s1. The summed E-state index contributed by atoms with van der Waals surface area (Å²) in [6.07, 6.45) is 8.27. The molecule has 2 unspecified atom stereocenters. The van der Waals surface area contributed by atoms with Crippen molar-refractivity contribution in [1.82, 2.24) is 19.9 Å². The number of ether oxygens (including phenoxy) is 1. The Hall–Kier alpha value is -4.14. The van der Waals surface area contributed by atoms with Gasteiger partial charge in [-0.1, -0.05) is 12.0 Å². The molecule has 0 radical (unpaired) electrons. The number of benzene rings is 2. The molecule has 4 fully saturated rings. The number of phenolic OH excluding ortho intramolecular Hbond substituents is 1. The van der Waals surface area contributed by atoms with Gasteiger partial charge in [-0.3, -0.25) is 9.88 Å². The number of likely N-dealkylation sites (N-methyl/N-ethyl adjacent to an activating group) is 1. The van der Waals surface area contributed by atoms with Crippen LogP contribution in [0, 0.1) is 29.9 Å². The van der Waals surface area contributed by atoms with Crippen molar-refractivity contribution in [2.45, 2.75) is 37.3 Å². The van der Waals surface area contributed by atoms with Crippen LogP contribution in [0.4, 0.5) is 24.9 Å². The van der Waals surface area contributed by atoms with Crippen molar-refractivity contribution in [2.24, 2.45) is 5.92 Å². The number of hydrogen-bond acceptors (Lipinski definition) is 8. The number of likely N-dealkylation sites (tertiary alicyclic amines) is 1. The highest BCUT2D eigenvalue weighted by atomic mass is 19.1. The predicted octanol–water partition coefficient (Wildman–Crippen LogP) is 4.27. The number of halogens is 3. The number of hydrogen-bond donors (Lipinski definition) is 1. The van der Waals surface area contributed by atoms with E-state index in [2.05, 4.69) is 15.8 Å². The summed E-state index contributed by atoms with van der Waals surface area (Å²) in [4.78, 5) is 20.2. The lowest BCUT2D eigenvalue weighted by molar-refractivity contribution is 0.0303. The zero-order valence-corrected chi connectivity index (χ0v) is 23.5. The third-order valence-electron chi connectivity index (χ3n) is 9.56. The molecule has 220 valence electrons. The van der Waals surface area contributed by atoms with Gasteiger partial charge in [-0.25, -0.2) is 18.2 Å². The average molecular weight is 587 g/mol. The Morgan fingerprint density at radius 2 is 1.81 bits per heavy atom. The Labute approximate surface area is 246 Å². The Balaban J connectivity index is 1.32. The molecule has 4 aliphatic heterocycles. The Morgan fingerprint density at radius 3 is 2.56 bits per heavy atom. The van der Waals surface area contributed by atoms with Crippen LogP contribution in [0.5, 0.6) is 5.75 Å². The van der Waals surface area contributed by atoms with Gasteiger partial charge in [0, 0.05) is 61.8 Å². The van der Waals surface area contributed by atoms with E-state index >= 15 is 4.39 Å². The minimum Gasteiger partial charge on any atom is -0.508 e. The molecule has 4 aliphatic rings. The first-order valence-electron chi connectivity index (χ1n) is 14.6. The van der Waals surface area contributed by atoms with Gasteiger partial charge >= 0.3 is 0 Å². The smallest absolute Gasteiger partial charge is 0.228 e. The highest BCUT2D eigenvalue weighted by molar-refractivity contribution is 6.03. The second kappa shape index (κ2) is 9.69. The van der Waals surface area contributed by atoms with Gasteiger partial charge in [0.1, 0.15) is 34.8 Å². The zero-order chi connectivity index (χ0) is 29.6. The van der Waals surface area contributed by atoms with E-state index in [1.165, 1.54) is 30.5 Å². The van der Waals surface area contributed by atoms with Crippen LogP contribution in [0.2, 0.25) is 0 Å². The highest BCUT2D eigenvalue weighted by Crippen LogP contribution is 2.41. The van der Waals surface area contributed by atoms with Crippen molar-refractivity contribution in [2.75, 3.05) is 49.6 Å². The number of anilines is 2. The molecule has 5 atom stereocenters. The molecule has 2 bridgehead atoms. The second-order valence-corrected chi connectivity index (χ2v) is 12.1. The Morgan fingerprint density at radius 1 is 1.02 bits per heavy atom. The van der Waals surface area contributed by atoms with Crippen molar-refractivity contribution in [1.29, 1.82) is 0 Å². The third-order valence-corrected chi connectivity index (χ3v) is 9.56. The van der Waals surface area contributed by atoms with Crippen LogP contribution < -0.4 is 9.80 Å². The molecular formula is C32H29F3N6O2. The lowest BCUT2D eigenvalue weighted by atomic mass is 9.96. The van der Waals surface area contributed by atoms with Gasteiger partial charge in [0.2, 0.25) is 5.95 Å². The monoisotopic (exact) mass is 586 g/mol. The van der Waals surface area contributed by atoms with E-state index in [1.807, 2.05) is 16.8 Å². The number of terminal acetylenes is 1. The van der Waals surface area contributed by atoms with Gasteiger partial charge in [0.15, 0.2) is 5.82 Å². The summed E-state index contributed by atoms with van der Waals surface area (Å²) >= 11 is 0. The number of morpholine rings is 1. The average Bonchev–Trinajstić information content (AvgIpc) is 3.67. The van der Waals surface area contributed by atoms with Crippen LogP contribution in [0.25, 0.3) is 32.9 Å². The van der Waals surface area contributed by atoms with Crippen molar-refractivity contribution < 1.29 is 23.0 Å². The quantitative estimate of drug-likeness (QED) is 0.357. The van der Waals surface area contributed by atoms with Crippen molar-refractivity contribution >= 4 is 33.4 Å². The number of nitrogens with zero attached hydrogens (tertiary/aromatic N) is 6. The largest absolute Gasteiger partial charge is 0.508 e. The van der Waals surface area contributed by atoms with Crippen LogP contribution in [-0.4, -0.2) is 89.2 Å². The fourth-order valence-corrected chi connectivity index (χ4v) is 7.48. The van der Waals surface area contributed by atoms with Gasteiger partial charge in [-0.15, -0.1) is 6.42 Å². The van der Waals surface area contributed by atoms with E-state index in [0.717, 1.165) is 12.8 Å². The minimum atomic E-state index is -0.952. The Kier molecular flexibility index (Phi) is 5.97. The Bertz CT molecular complexity index is 1820. The summed E-state index contributed by atoms with van der Waals surface area (Å²) in [6, 6.07) is 5.50. The number of pyridine rings is 1. The van der Waals surface area contributed by atoms with Crippen LogP contribution in [0.3, 0.4) is 0 Å². The summed E-state index contributed by atoms with van der Waals surface area (Å²) in [5, 5.41) is 11.7. The maximum Gasteiger partial charge on any atom is 0.228 e. The number of rotatable bonds is 3. The van der Waals surface area contributed by atoms with Crippen molar-refractivity contribution in [3.63, 3.8) is 0 Å². The number of phenols is 1. The number of aromatic nitrogens is 3. The molecule has 2 aromatic heterocycles. The minimum absolute atomic E-state index is 0.0190. The zero-order valence-electron chi connectivity index (χ0n) is 23.5. The maximum absolute atomic E-state index is 16.8. The SMILES string of the molecule is C#Cc1c(F)ccc2cc(O)cc(-c3ncc4c(N5CC6CCC(C5)O6)nc(N5C[C@H]6[C@@H](C5)N(C)C[C@@H]6F)nc4c3F)c12.